The monoisotopic (exact) mass is 369 g/mol. The van der Waals surface area contributed by atoms with Crippen molar-refractivity contribution < 1.29 is 19.3 Å². The highest BCUT2D eigenvalue weighted by Crippen LogP contribution is 2.47. The van der Waals surface area contributed by atoms with Gasteiger partial charge in [-0.1, -0.05) is 30.3 Å². The van der Waals surface area contributed by atoms with Gasteiger partial charge in [-0.05, 0) is 5.56 Å². The first-order valence-electron chi connectivity index (χ1n) is 8.71. The second kappa shape index (κ2) is 6.24. The predicted octanol–water partition coefficient (Wildman–Crippen LogP) is 0.653. The van der Waals surface area contributed by atoms with Crippen molar-refractivity contribution in [3.63, 3.8) is 0 Å². The molecule has 1 aromatic carbocycles. The van der Waals surface area contributed by atoms with Gasteiger partial charge in [0.25, 0.3) is 0 Å². The molecule has 3 N–H and O–H groups in total. The van der Waals surface area contributed by atoms with Crippen molar-refractivity contribution in [2.45, 2.75) is 30.6 Å². The highest BCUT2D eigenvalue weighted by atomic mass is 16.7. The molecule has 2 aliphatic heterocycles. The fourth-order valence-electron chi connectivity index (χ4n) is 3.80. The van der Waals surface area contributed by atoms with Gasteiger partial charge in [0.1, 0.15) is 29.7 Å². The van der Waals surface area contributed by atoms with E-state index >= 15 is 0 Å². The van der Waals surface area contributed by atoms with E-state index in [2.05, 4.69) is 15.0 Å². The number of ether oxygens (including phenoxy) is 3. The van der Waals surface area contributed by atoms with Crippen molar-refractivity contribution in [3.05, 3.63) is 48.5 Å². The number of aromatic nitrogens is 4. The van der Waals surface area contributed by atoms with Crippen molar-refractivity contribution in [2.75, 3.05) is 18.9 Å². The number of aliphatic hydroxyl groups excluding tert-OH is 1. The van der Waals surface area contributed by atoms with E-state index in [4.69, 9.17) is 19.9 Å². The number of anilines is 1. The standard InChI is InChI=1S/C18H19N5O4/c19-15-12-16(21-9-20-15)23(10-22-12)17-13-14(18(7-24,27-17)8-26-13)25-6-11-4-2-1-3-5-11/h1-5,9-10,13-14,17,24H,6-8H2,(H2,19,20,21)/t13?,14-,17-,18+/m1/s1. The molecule has 2 saturated heterocycles. The molecule has 0 amide bonds. The van der Waals surface area contributed by atoms with Crippen LogP contribution in [0.1, 0.15) is 11.8 Å². The molecule has 4 atom stereocenters. The Kier molecular flexibility index (Phi) is 3.83. The first kappa shape index (κ1) is 16.6. The lowest BCUT2D eigenvalue weighted by molar-refractivity contribution is -0.187. The van der Waals surface area contributed by atoms with Gasteiger partial charge in [0.2, 0.25) is 0 Å². The maximum absolute atomic E-state index is 10.0. The summed E-state index contributed by atoms with van der Waals surface area (Å²) in [4.78, 5) is 12.5. The number of nitrogens with zero attached hydrogens (tertiary/aromatic N) is 4. The predicted molar refractivity (Wildman–Crippen MR) is 94.4 cm³/mol. The summed E-state index contributed by atoms with van der Waals surface area (Å²) < 4.78 is 20.0. The Balaban J connectivity index is 1.45. The third-order valence-corrected chi connectivity index (χ3v) is 5.17. The normalized spacial score (nSPS) is 29.6. The Morgan fingerprint density at radius 3 is 2.93 bits per heavy atom. The van der Waals surface area contributed by atoms with Gasteiger partial charge in [-0.3, -0.25) is 4.57 Å². The number of benzene rings is 1. The topological polar surface area (TPSA) is 118 Å². The molecule has 0 saturated carbocycles. The van der Waals surface area contributed by atoms with Crippen molar-refractivity contribution in [1.82, 2.24) is 19.5 Å². The van der Waals surface area contributed by atoms with E-state index in [1.54, 1.807) is 10.9 Å². The first-order chi connectivity index (χ1) is 13.2. The molecule has 2 aliphatic rings. The number of rotatable bonds is 5. The van der Waals surface area contributed by atoms with Crippen LogP contribution in [0, 0.1) is 0 Å². The molecule has 3 aromatic rings. The fourth-order valence-corrected chi connectivity index (χ4v) is 3.80. The first-order valence-corrected chi connectivity index (χ1v) is 8.71. The largest absolute Gasteiger partial charge is 0.393 e. The second-order valence-electron chi connectivity index (χ2n) is 6.81. The summed E-state index contributed by atoms with van der Waals surface area (Å²) in [7, 11) is 0. The van der Waals surface area contributed by atoms with Crippen LogP contribution in [0.15, 0.2) is 43.0 Å². The van der Waals surface area contributed by atoms with Crippen LogP contribution in [0.3, 0.4) is 0 Å². The summed E-state index contributed by atoms with van der Waals surface area (Å²) in [6.07, 6.45) is 1.66. The Morgan fingerprint density at radius 2 is 2.11 bits per heavy atom. The molecule has 2 fully saturated rings. The van der Waals surface area contributed by atoms with Gasteiger partial charge in [-0.2, -0.15) is 0 Å². The van der Waals surface area contributed by atoms with Gasteiger partial charge in [-0.15, -0.1) is 0 Å². The smallest absolute Gasteiger partial charge is 0.167 e. The van der Waals surface area contributed by atoms with Crippen LogP contribution >= 0.6 is 0 Å². The molecule has 4 heterocycles. The SMILES string of the molecule is Nc1ncnc2c1ncn2[C@@H]1O[C@@]2(CO)COC1[C@H]2OCc1ccccc1. The van der Waals surface area contributed by atoms with Gasteiger partial charge in [0, 0.05) is 0 Å². The molecular formula is C18H19N5O4. The molecule has 9 heteroatoms. The highest BCUT2D eigenvalue weighted by molar-refractivity contribution is 5.81. The number of fused-ring (bicyclic) bond motifs is 3. The van der Waals surface area contributed by atoms with E-state index in [9.17, 15) is 5.11 Å². The molecule has 140 valence electrons. The van der Waals surface area contributed by atoms with Crippen LogP contribution in [0.4, 0.5) is 5.82 Å². The quantitative estimate of drug-likeness (QED) is 0.673. The number of imidazole rings is 1. The van der Waals surface area contributed by atoms with Gasteiger partial charge >= 0.3 is 0 Å². The van der Waals surface area contributed by atoms with Crippen LogP contribution in [-0.2, 0) is 20.8 Å². The van der Waals surface area contributed by atoms with E-state index in [0.717, 1.165) is 5.56 Å². The molecule has 27 heavy (non-hydrogen) atoms. The minimum atomic E-state index is -0.917. The lowest BCUT2D eigenvalue weighted by Gasteiger charge is -2.29. The minimum Gasteiger partial charge on any atom is -0.393 e. The summed E-state index contributed by atoms with van der Waals surface area (Å²) in [6, 6.07) is 9.86. The maximum Gasteiger partial charge on any atom is 0.167 e. The maximum atomic E-state index is 10.0. The van der Waals surface area contributed by atoms with E-state index in [-0.39, 0.29) is 13.2 Å². The highest BCUT2D eigenvalue weighted by Gasteiger charge is 2.63. The van der Waals surface area contributed by atoms with Crippen molar-refractivity contribution in [3.8, 4) is 0 Å². The molecule has 2 aromatic heterocycles. The minimum absolute atomic E-state index is 0.205. The molecule has 1 unspecified atom stereocenters. The van der Waals surface area contributed by atoms with Crippen molar-refractivity contribution in [1.29, 1.82) is 0 Å². The average molecular weight is 369 g/mol. The molecule has 0 spiro atoms. The molecule has 5 rings (SSSR count). The summed E-state index contributed by atoms with van der Waals surface area (Å²) >= 11 is 0. The van der Waals surface area contributed by atoms with Crippen LogP contribution < -0.4 is 5.73 Å². The summed E-state index contributed by atoms with van der Waals surface area (Å²) in [5.74, 6) is 0.302. The van der Waals surface area contributed by atoms with Gasteiger partial charge < -0.3 is 25.1 Å². The molecular weight excluding hydrogens is 350 g/mol. The third-order valence-electron chi connectivity index (χ3n) is 5.17. The van der Waals surface area contributed by atoms with Gasteiger partial charge in [0.15, 0.2) is 17.7 Å². The van der Waals surface area contributed by atoms with Gasteiger partial charge in [-0.25, -0.2) is 15.0 Å². The van der Waals surface area contributed by atoms with E-state index in [0.29, 0.717) is 23.6 Å². The third kappa shape index (κ3) is 2.51. The van der Waals surface area contributed by atoms with Crippen LogP contribution in [0.2, 0.25) is 0 Å². The molecule has 0 aliphatic carbocycles. The van der Waals surface area contributed by atoms with Crippen LogP contribution in [-0.4, -0.2) is 55.6 Å². The average Bonchev–Trinajstić information content (AvgIpc) is 3.37. The zero-order chi connectivity index (χ0) is 18.4. The number of nitrogen functional groups attached to an aromatic ring is 1. The second-order valence-corrected chi connectivity index (χ2v) is 6.81. The Morgan fingerprint density at radius 1 is 1.26 bits per heavy atom. The number of aliphatic hydroxyl groups is 1. The summed E-state index contributed by atoms with van der Waals surface area (Å²) in [5.41, 5.74) is 7.06. The molecule has 9 nitrogen and oxygen atoms in total. The Bertz CT molecular complexity index is 965. The van der Waals surface area contributed by atoms with E-state index in [1.165, 1.54) is 6.33 Å². The Hall–Kier alpha value is -2.59. The number of nitrogens with two attached hydrogens (primary N) is 1. The zero-order valence-corrected chi connectivity index (χ0v) is 14.4. The van der Waals surface area contributed by atoms with Crippen LogP contribution in [0.5, 0.6) is 0 Å². The Labute approximate surface area is 154 Å². The van der Waals surface area contributed by atoms with Crippen molar-refractivity contribution in [2.24, 2.45) is 0 Å². The van der Waals surface area contributed by atoms with Crippen LogP contribution in [0.25, 0.3) is 11.2 Å². The number of hydrogen-bond acceptors (Lipinski definition) is 8. The summed E-state index contributed by atoms with van der Waals surface area (Å²) in [5, 5.41) is 10.0. The molecule has 0 radical (unpaired) electrons. The van der Waals surface area contributed by atoms with E-state index in [1.807, 2.05) is 30.3 Å². The fraction of sp³-hybridized carbons (Fsp3) is 0.389. The number of hydrogen-bond donors (Lipinski definition) is 2. The van der Waals surface area contributed by atoms with E-state index < -0.39 is 24.0 Å². The lowest BCUT2D eigenvalue weighted by atomic mass is 10.00. The zero-order valence-electron chi connectivity index (χ0n) is 14.4. The van der Waals surface area contributed by atoms with Crippen molar-refractivity contribution >= 4 is 17.0 Å². The van der Waals surface area contributed by atoms with Gasteiger partial charge in [0.05, 0.1) is 26.1 Å². The summed E-state index contributed by atoms with van der Waals surface area (Å²) in [6.45, 7) is 0.472. The lowest BCUT2D eigenvalue weighted by Crippen LogP contribution is -2.45. The molecule has 2 bridgehead atoms.